The Morgan fingerprint density at radius 1 is 1.45 bits per heavy atom. The van der Waals surface area contributed by atoms with E-state index in [1.165, 1.54) is 19.3 Å². The molecule has 0 atom stereocenters. The van der Waals surface area contributed by atoms with Crippen LogP contribution in [0, 0.1) is 0 Å². The monoisotopic (exact) mass is 167 g/mol. The van der Waals surface area contributed by atoms with Gasteiger partial charge in [-0.2, -0.15) is 0 Å². The number of nitrogens with zero attached hydrogens (tertiary/aromatic N) is 1. The normalized spacial score (nSPS) is 10.4. The molecule has 0 aliphatic carbocycles. The predicted molar refractivity (Wildman–Crippen MR) is 50.5 cm³/mol. The van der Waals surface area contributed by atoms with Crippen LogP contribution in [0.2, 0.25) is 0 Å². The van der Waals surface area contributed by atoms with Crippen LogP contribution in [0.5, 0.6) is 0 Å². The van der Waals surface area contributed by atoms with E-state index < -0.39 is 0 Å². The van der Waals surface area contributed by atoms with Gasteiger partial charge in [-0.05, 0) is 18.6 Å². The maximum absolute atomic E-state index is 4.31. The molecule has 1 aromatic rings. The fraction of sp³-hybridized carbons (Fsp3) is 0.556. The standard InChI is InChI=1S/C9H14NP/c1-2-3-4-7-10-8-5-6-9(10)11/h5-6,8H,2-4,7H2,1H3. The zero-order valence-electron chi connectivity index (χ0n) is 6.95. The lowest BCUT2D eigenvalue weighted by Crippen LogP contribution is -2.08. The van der Waals surface area contributed by atoms with E-state index in [-0.39, 0.29) is 0 Å². The van der Waals surface area contributed by atoms with Gasteiger partial charge in [-0.15, -0.1) is 0 Å². The Hall–Kier alpha value is -0.290. The summed E-state index contributed by atoms with van der Waals surface area (Å²) in [7, 11) is 4.31. The number of aryl methyl sites for hydroxylation is 1. The van der Waals surface area contributed by atoms with Crippen molar-refractivity contribution in [3.8, 4) is 0 Å². The molecule has 2 radical (unpaired) electrons. The Balaban J connectivity index is 2.32. The van der Waals surface area contributed by atoms with Gasteiger partial charge in [-0.25, -0.2) is 0 Å². The van der Waals surface area contributed by atoms with Gasteiger partial charge < -0.3 is 4.57 Å². The van der Waals surface area contributed by atoms with Crippen LogP contribution in [0.4, 0.5) is 0 Å². The molecule has 1 heterocycles. The van der Waals surface area contributed by atoms with E-state index in [4.69, 9.17) is 0 Å². The third kappa shape index (κ3) is 2.67. The number of rotatable bonds is 4. The van der Waals surface area contributed by atoms with Gasteiger partial charge in [-0.1, -0.05) is 19.8 Å². The van der Waals surface area contributed by atoms with Crippen LogP contribution in [-0.2, 0) is 6.54 Å². The second kappa shape index (κ2) is 4.56. The molecule has 1 rings (SSSR count). The average Bonchev–Trinajstić information content (AvgIpc) is 2.37. The molecule has 0 saturated carbocycles. The molecule has 0 aliphatic heterocycles. The van der Waals surface area contributed by atoms with Gasteiger partial charge in [0.2, 0.25) is 0 Å². The first-order chi connectivity index (χ1) is 5.34. The van der Waals surface area contributed by atoms with Crippen molar-refractivity contribution in [3.63, 3.8) is 0 Å². The van der Waals surface area contributed by atoms with Crippen molar-refractivity contribution in [1.29, 1.82) is 0 Å². The molecule has 1 nitrogen and oxygen atoms in total. The van der Waals surface area contributed by atoms with Crippen LogP contribution in [0.3, 0.4) is 0 Å². The molecule has 60 valence electrons. The number of hydrogen-bond acceptors (Lipinski definition) is 0. The fourth-order valence-electron chi connectivity index (χ4n) is 1.13. The van der Waals surface area contributed by atoms with Crippen LogP contribution < -0.4 is 5.44 Å². The molecule has 0 bridgehead atoms. The van der Waals surface area contributed by atoms with Gasteiger partial charge in [0.25, 0.3) is 0 Å². The van der Waals surface area contributed by atoms with Crippen molar-refractivity contribution < 1.29 is 0 Å². The van der Waals surface area contributed by atoms with Crippen molar-refractivity contribution in [3.05, 3.63) is 18.3 Å². The Labute approximate surface area is 71.0 Å². The number of unbranched alkanes of at least 4 members (excludes halogenated alkanes) is 2. The highest BCUT2D eigenvalue weighted by Gasteiger charge is 1.93. The van der Waals surface area contributed by atoms with E-state index in [0.29, 0.717) is 0 Å². The van der Waals surface area contributed by atoms with Gasteiger partial charge in [0, 0.05) is 22.0 Å². The first-order valence-corrected chi connectivity index (χ1v) is 4.63. The van der Waals surface area contributed by atoms with Crippen LogP contribution in [0.25, 0.3) is 0 Å². The minimum atomic E-state index is 1.07. The molecule has 0 amide bonds. The van der Waals surface area contributed by atoms with Crippen molar-refractivity contribution in [2.24, 2.45) is 0 Å². The second-order valence-corrected chi connectivity index (χ2v) is 3.23. The lowest BCUT2D eigenvalue weighted by atomic mass is 10.2. The van der Waals surface area contributed by atoms with E-state index in [1.54, 1.807) is 0 Å². The van der Waals surface area contributed by atoms with Crippen LogP contribution in [0.1, 0.15) is 26.2 Å². The summed E-state index contributed by atoms with van der Waals surface area (Å²) >= 11 is 0. The smallest absolute Gasteiger partial charge is 0.0513 e. The number of hydrogen-bond donors (Lipinski definition) is 0. The highest BCUT2D eigenvalue weighted by molar-refractivity contribution is 7.27. The van der Waals surface area contributed by atoms with E-state index >= 15 is 0 Å². The summed E-state index contributed by atoms with van der Waals surface area (Å²) in [5.41, 5.74) is 1.07. The average molecular weight is 167 g/mol. The second-order valence-electron chi connectivity index (χ2n) is 2.77. The van der Waals surface area contributed by atoms with Gasteiger partial charge in [0.1, 0.15) is 0 Å². The summed E-state index contributed by atoms with van der Waals surface area (Å²) in [4.78, 5) is 0. The van der Waals surface area contributed by atoms with Gasteiger partial charge >= 0.3 is 0 Å². The van der Waals surface area contributed by atoms with Gasteiger partial charge in [0.05, 0.1) is 5.44 Å². The largest absolute Gasteiger partial charge is 0.347 e. The van der Waals surface area contributed by atoms with Gasteiger partial charge in [0.15, 0.2) is 0 Å². The molecule has 0 fully saturated rings. The van der Waals surface area contributed by atoms with Crippen LogP contribution in [0.15, 0.2) is 18.3 Å². The summed E-state index contributed by atoms with van der Waals surface area (Å²) < 4.78 is 2.18. The van der Waals surface area contributed by atoms with Crippen molar-refractivity contribution in [1.82, 2.24) is 4.57 Å². The maximum atomic E-state index is 4.31. The van der Waals surface area contributed by atoms with E-state index in [9.17, 15) is 0 Å². The predicted octanol–water partition coefficient (Wildman–Crippen LogP) is 2.71. The van der Waals surface area contributed by atoms with Gasteiger partial charge in [-0.3, -0.25) is 0 Å². The molecule has 0 N–H and O–H groups in total. The molecular formula is C9H14NP. The lowest BCUT2D eigenvalue weighted by molar-refractivity contribution is 0.614. The summed E-state index contributed by atoms with van der Waals surface area (Å²) in [6.45, 7) is 3.33. The van der Waals surface area contributed by atoms with Crippen molar-refractivity contribution >= 4 is 14.7 Å². The first-order valence-electron chi connectivity index (χ1n) is 4.18. The molecule has 2 heteroatoms. The van der Waals surface area contributed by atoms with Crippen molar-refractivity contribution in [2.75, 3.05) is 0 Å². The zero-order valence-corrected chi connectivity index (χ0v) is 7.85. The van der Waals surface area contributed by atoms with Crippen LogP contribution >= 0.6 is 9.24 Å². The Morgan fingerprint density at radius 2 is 2.27 bits per heavy atom. The minimum absolute atomic E-state index is 1.07. The molecule has 0 unspecified atom stereocenters. The third-order valence-electron chi connectivity index (χ3n) is 1.81. The molecule has 0 aliphatic rings. The van der Waals surface area contributed by atoms with Crippen LogP contribution in [-0.4, -0.2) is 4.57 Å². The molecule has 0 aromatic carbocycles. The minimum Gasteiger partial charge on any atom is -0.347 e. The molecule has 0 saturated heterocycles. The van der Waals surface area contributed by atoms with E-state index in [1.807, 2.05) is 12.1 Å². The summed E-state index contributed by atoms with van der Waals surface area (Å²) in [6, 6.07) is 4.06. The molecular weight excluding hydrogens is 153 g/mol. The Bertz CT molecular complexity index is 205. The lowest BCUT2D eigenvalue weighted by Gasteiger charge is -2.03. The summed E-state index contributed by atoms with van der Waals surface area (Å²) in [6.07, 6.45) is 5.94. The topological polar surface area (TPSA) is 4.93 Å². The Morgan fingerprint density at radius 3 is 2.82 bits per heavy atom. The van der Waals surface area contributed by atoms with Crippen molar-refractivity contribution in [2.45, 2.75) is 32.7 Å². The summed E-state index contributed by atoms with van der Waals surface area (Å²) in [5.74, 6) is 0. The zero-order chi connectivity index (χ0) is 8.10. The Kier molecular flexibility index (Phi) is 3.65. The molecule has 1 aromatic heterocycles. The highest BCUT2D eigenvalue weighted by Crippen LogP contribution is 1.99. The first kappa shape index (κ1) is 8.80. The summed E-state index contributed by atoms with van der Waals surface area (Å²) in [5, 5.41) is 0. The third-order valence-corrected chi connectivity index (χ3v) is 2.21. The van der Waals surface area contributed by atoms with E-state index in [0.717, 1.165) is 12.0 Å². The fourth-order valence-corrected chi connectivity index (χ4v) is 1.38. The SMILES string of the molecule is CCCCCn1cccc1[P]. The molecule has 0 spiro atoms. The maximum Gasteiger partial charge on any atom is 0.0513 e. The quantitative estimate of drug-likeness (QED) is 0.480. The molecule has 11 heavy (non-hydrogen) atoms. The highest BCUT2D eigenvalue weighted by atomic mass is 31.0. The van der Waals surface area contributed by atoms with E-state index in [2.05, 4.69) is 26.9 Å². The number of aromatic nitrogens is 1.